The van der Waals surface area contributed by atoms with Crippen LogP contribution in [0.15, 0.2) is 267 Å². The number of halogens is 1. The van der Waals surface area contributed by atoms with Gasteiger partial charge in [0.15, 0.2) is 0 Å². The van der Waals surface area contributed by atoms with Crippen molar-refractivity contribution in [2.75, 3.05) is 9.80 Å². The summed E-state index contributed by atoms with van der Waals surface area (Å²) in [5.74, 6) is -0.166. The van der Waals surface area contributed by atoms with Crippen LogP contribution < -0.4 is 9.80 Å². The highest BCUT2D eigenvalue weighted by molar-refractivity contribution is 6.31. The fraction of sp³-hybridized carbons (Fsp3) is 0.0149. The molecule has 2 aliphatic heterocycles. The van der Waals surface area contributed by atoms with E-state index in [-0.39, 0.29) is 5.92 Å². The van der Waals surface area contributed by atoms with Crippen molar-refractivity contribution in [3.63, 3.8) is 0 Å². The zero-order valence-electron chi connectivity index (χ0n) is 38.3. The van der Waals surface area contributed by atoms with E-state index in [0.29, 0.717) is 5.02 Å². The van der Waals surface area contributed by atoms with Crippen LogP contribution in [0.1, 0.15) is 22.6 Å². The molecule has 0 N–H and O–H groups in total. The van der Waals surface area contributed by atoms with Crippen LogP contribution in [-0.2, 0) is 0 Å². The highest BCUT2D eigenvalue weighted by atomic mass is 35.5. The largest absolute Gasteiger partial charge is 0.308 e. The lowest BCUT2D eigenvalue weighted by atomic mass is 9.74. The summed E-state index contributed by atoms with van der Waals surface area (Å²) < 4.78 is 0. The van der Waals surface area contributed by atoms with Gasteiger partial charge in [-0.05, 0) is 92.0 Å². The van der Waals surface area contributed by atoms with Crippen molar-refractivity contribution in [1.82, 2.24) is 0 Å². The third-order valence-electron chi connectivity index (χ3n) is 14.1. The van der Waals surface area contributed by atoms with Gasteiger partial charge in [0.05, 0.1) is 34.1 Å². The molecule has 0 bridgehead atoms. The Bertz CT molecular complexity index is 3350. The summed E-state index contributed by atoms with van der Waals surface area (Å²) in [4.78, 5) is 5.06. The molecule has 2 nitrogen and oxygen atoms in total. The Morgan fingerprint density at radius 3 is 0.871 bits per heavy atom. The lowest BCUT2D eigenvalue weighted by Gasteiger charge is -2.46. The maximum atomic E-state index is 7.68. The molecule has 0 radical (unpaired) electrons. The Balaban J connectivity index is 1.19. The third kappa shape index (κ3) is 7.03. The van der Waals surface area contributed by atoms with E-state index in [1.807, 2.05) is 0 Å². The lowest BCUT2D eigenvalue weighted by Crippen LogP contribution is -2.30. The SMILES string of the molecule is Clc1cc2c3c(c1)N(c1c(-c4ccccc4)cccc1-c1ccccc1)c1ccc(-c4ccccc4)cc1C3c1cc(-c3ccccc3)ccc1N2c1c(-c2ccccc2)cccc1-c1ccccc1. The minimum absolute atomic E-state index is 0.166. The number of nitrogens with zero attached hydrogens (tertiary/aromatic N) is 2. The fourth-order valence-electron chi connectivity index (χ4n) is 11.0. The van der Waals surface area contributed by atoms with Gasteiger partial charge in [-0.1, -0.05) is 242 Å². The van der Waals surface area contributed by atoms with E-state index in [4.69, 9.17) is 11.6 Å². The number of rotatable bonds is 8. The molecule has 2 aliphatic rings. The van der Waals surface area contributed by atoms with Gasteiger partial charge in [0.2, 0.25) is 0 Å². The Morgan fingerprint density at radius 2 is 0.557 bits per heavy atom. The van der Waals surface area contributed by atoms with E-state index in [2.05, 4.69) is 277 Å². The predicted molar refractivity (Wildman–Crippen MR) is 294 cm³/mol. The second kappa shape index (κ2) is 17.4. The second-order valence-electron chi connectivity index (χ2n) is 18.1. The van der Waals surface area contributed by atoms with Gasteiger partial charge < -0.3 is 9.80 Å². The monoisotopic (exact) mass is 912 g/mol. The molecule has 0 aliphatic carbocycles. The van der Waals surface area contributed by atoms with Crippen molar-refractivity contribution < 1.29 is 0 Å². The maximum Gasteiger partial charge on any atom is 0.0618 e. The molecule has 70 heavy (non-hydrogen) atoms. The van der Waals surface area contributed by atoms with Crippen LogP contribution in [0.2, 0.25) is 5.02 Å². The molecule has 0 aromatic heterocycles. The van der Waals surface area contributed by atoms with Gasteiger partial charge in [0.1, 0.15) is 0 Å². The molecule has 0 saturated heterocycles. The first kappa shape index (κ1) is 41.5. The van der Waals surface area contributed by atoms with Crippen molar-refractivity contribution >= 4 is 45.7 Å². The van der Waals surface area contributed by atoms with Gasteiger partial charge in [-0.2, -0.15) is 0 Å². The van der Waals surface area contributed by atoms with Gasteiger partial charge in [-0.25, -0.2) is 0 Å². The molecular weight excluding hydrogens is 868 g/mol. The number of para-hydroxylation sites is 2. The second-order valence-corrected chi connectivity index (χ2v) is 18.5. The van der Waals surface area contributed by atoms with Crippen LogP contribution in [0.4, 0.5) is 34.1 Å². The molecule has 3 heteroatoms. The average Bonchev–Trinajstić information content (AvgIpc) is 3.44. The van der Waals surface area contributed by atoms with Gasteiger partial charge in [-0.3, -0.25) is 0 Å². The topological polar surface area (TPSA) is 6.48 Å². The zero-order chi connectivity index (χ0) is 46.5. The summed E-state index contributed by atoms with van der Waals surface area (Å²) in [7, 11) is 0. The fourth-order valence-corrected chi connectivity index (χ4v) is 11.3. The maximum absolute atomic E-state index is 7.68. The Hall–Kier alpha value is -8.69. The molecular formula is C67H45ClN2. The molecule has 0 amide bonds. The van der Waals surface area contributed by atoms with E-state index in [0.717, 1.165) is 78.6 Å². The number of hydrogen-bond donors (Lipinski definition) is 0. The van der Waals surface area contributed by atoms with Crippen LogP contribution >= 0.6 is 11.6 Å². The quantitative estimate of drug-likeness (QED) is 0.150. The van der Waals surface area contributed by atoms with Crippen LogP contribution in [-0.4, -0.2) is 0 Å². The normalized spacial score (nSPS) is 12.5. The first-order valence-electron chi connectivity index (χ1n) is 24.0. The summed E-state index contributed by atoms with van der Waals surface area (Å²) in [6.07, 6.45) is 0. The molecule has 2 heterocycles. The Morgan fingerprint density at radius 1 is 0.257 bits per heavy atom. The van der Waals surface area contributed by atoms with Gasteiger partial charge >= 0.3 is 0 Å². The number of fused-ring (bicyclic) bond motifs is 4. The predicted octanol–water partition coefficient (Wildman–Crippen LogP) is 19.1. The van der Waals surface area contributed by atoms with E-state index < -0.39 is 0 Å². The van der Waals surface area contributed by atoms with Crippen LogP contribution in [0.25, 0.3) is 66.8 Å². The molecule has 0 fully saturated rings. The number of anilines is 6. The molecule has 0 unspecified atom stereocenters. The van der Waals surface area contributed by atoms with Gasteiger partial charge in [0.25, 0.3) is 0 Å². The first-order chi connectivity index (χ1) is 34.7. The molecule has 0 saturated carbocycles. The van der Waals surface area contributed by atoms with Crippen molar-refractivity contribution in [3.8, 4) is 66.8 Å². The van der Waals surface area contributed by atoms with Crippen LogP contribution in [0, 0.1) is 0 Å². The van der Waals surface area contributed by atoms with Crippen molar-refractivity contribution in [2.45, 2.75) is 5.92 Å². The standard InChI is InChI=1S/C67H45ClN2/c68-53-43-62-65-63(44-53)70(67-56(49-29-15-5-16-30-49)35-20-36-57(67)50-31-17-6-18-32-50)61-40-38-52(46-23-9-2-10-24-46)42-59(61)64(65)58-41-51(45-21-7-1-8-22-45)37-39-60(58)69(62)66-54(47-25-11-3-12-26-47)33-19-34-55(66)48-27-13-4-14-28-48/h1-44,64H. The van der Waals surface area contributed by atoms with Crippen LogP contribution in [0.3, 0.4) is 0 Å². The summed E-state index contributed by atoms with van der Waals surface area (Å²) in [6, 6.07) is 96.9. The van der Waals surface area contributed by atoms with E-state index in [1.54, 1.807) is 0 Å². The van der Waals surface area contributed by atoms with E-state index >= 15 is 0 Å². The Labute approximate surface area is 414 Å². The molecule has 0 atom stereocenters. The van der Waals surface area contributed by atoms with Crippen LogP contribution in [0.5, 0.6) is 0 Å². The highest BCUT2D eigenvalue weighted by Crippen LogP contribution is 2.64. The molecule has 13 rings (SSSR count). The summed E-state index contributed by atoms with van der Waals surface area (Å²) in [5, 5.41) is 0.660. The molecule has 330 valence electrons. The zero-order valence-corrected chi connectivity index (χ0v) is 39.0. The lowest BCUT2D eigenvalue weighted by molar-refractivity contribution is 0.910. The molecule has 11 aromatic rings. The smallest absolute Gasteiger partial charge is 0.0618 e. The van der Waals surface area contributed by atoms with E-state index in [9.17, 15) is 0 Å². The van der Waals surface area contributed by atoms with Gasteiger partial charge in [0, 0.05) is 38.8 Å². The molecule has 0 spiro atoms. The highest BCUT2D eigenvalue weighted by Gasteiger charge is 2.43. The first-order valence-corrected chi connectivity index (χ1v) is 24.4. The summed E-state index contributed by atoms with van der Waals surface area (Å²) in [6.45, 7) is 0. The Kier molecular flexibility index (Phi) is 10.3. The van der Waals surface area contributed by atoms with Crippen molar-refractivity contribution in [3.05, 3.63) is 289 Å². The number of benzene rings is 11. The number of hydrogen-bond acceptors (Lipinski definition) is 2. The minimum Gasteiger partial charge on any atom is -0.308 e. The van der Waals surface area contributed by atoms with Crippen molar-refractivity contribution in [2.24, 2.45) is 0 Å². The summed E-state index contributed by atoms with van der Waals surface area (Å²) in [5.41, 5.74) is 23.9. The average molecular weight is 914 g/mol. The van der Waals surface area contributed by atoms with E-state index in [1.165, 1.54) is 38.9 Å². The minimum atomic E-state index is -0.166. The molecule has 11 aromatic carbocycles. The van der Waals surface area contributed by atoms with Crippen molar-refractivity contribution in [1.29, 1.82) is 0 Å². The third-order valence-corrected chi connectivity index (χ3v) is 14.3. The van der Waals surface area contributed by atoms with Gasteiger partial charge in [-0.15, -0.1) is 0 Å². The summed E-state index contributed by atoms with van der Waals surface area (Å²) >= 11 is 7.68.